The summed E-state index contributed by atoms with van der Waals surface area (Å²) in [5.74, 6) is -0.519. The number of aromatic nitrogens is 2. The average molecular weight is 383 g/mol. The van der Waals surface area contributed by atoms with E-state index in [0.717, 1.165) is 11.4 Å². The van der Waals surface area contributed by atoms with Crippen LogP contribution < -0.4 is 10.6 Å². The SMILES string of the molecule is O=C(NCCCn1ccnc1-c1ccccc1)C(=O)Nc1cccc(Cl)c1. The number of hydrogen-bond donors (Lipinski definition) is 2. The molecule has 0 atom stereocenters. The number of anilines is 1. The van der Waals surface area contributed by atoms with Crippen molar-refractivity contribution >= 4 is 29.1 Å². The van der Waals surface area contributed by atoms with Crippen molar-refractivity contribution in [3.63, 3.8) is 0 Å². The van der Waals surface area contributed by atoms with E-state index in [1.165, 1.54) is 0 Å². The molecule has 0 aliphatic carbocycles. The van der Waals surface area contributed by atoms with Gasteiger partial charge in [0.25, 0.3) is 0 Å². The van der Waals surface area contributed by atoms with Crippen LogP contribution in [-0.4, -0.2) is 27.9 Å². The number of benzene rings is 2. The molecule has 0 fully saturated rings. The molecule has 138 valence electrons. The fourth-order valence-electron chi connectivity index (χ4n) is 2.62. The second-order valence-corrected chi connectivity index (χ2v) is 6.32. The van der Waals surface area contributed by atoms with E-state index in [1.807, 2.05) is 41.1 Å². The second-order valence-electron chi connectivity index (χ2n) is 5.88. The minimum Gasteiger partial charge on any atom is -0.348 e. The molecule has 0 unspecified atom stereocenters. The summed E-state index contributed by atoms with van der Waals surface area (Å²) >= 11 is 5.86. The van der Waals surface area contributed by atoms with Gasteiger partial charge in [-0.2, -0.15) is 0 Å². The van der Waals surface area contributed by atoms with Crippen LogP contribution >= 0.6 is 11.6 Å². The van der Waals surface area contributed by atoms with Gasteiger partial charge in [0.2, 0.25) is 0 Å². The zero-order chi connectivity index (χ0) is 19.1. The van der Waals surface area contributed by atoms with Crippen molar-refractivity contribution in [1.82, 2.24) is 14.9 Å². The van der Waals surface area contributed by atoms with Crippen LogP contribution in [0.5, 0.6) is 0 Å². The number of halogens is 1. The van der Waals surface area contributed by atoms with Gasteiger partial charge >= 0.3 is 11.8 Å². The van der Waals surface area contributed by atoms with Gasteiger partial charge in [0, 0.05) is 41.8 Å². The van der Waals surface area contributed by atoms with Crippen LogP contribution in [0, 0.1) is 0 Å². The van der Waals surface area contributed by atoms with Crippen LogP contribution in [0.25, 0.3) is 11.4 Å². The summed E-state index contributed by atoms with van der Waals surface area (Å²) < 4.78 is 2.02. The Hall–Kier alpha value is -3.12. The number of imidazole rings is 1. The van der Waals surface area contributed by atoms with Crippen LogP contribution in [-0.2, 0) is 16.1 Å². The highest BCUT2D eigenvalue weighted by Crippen LogP contribution is 2.17. The maximum atomic E-state index is 11.9. The van der Waals surface area contributed by atoms with Crippen molar-refractivity contribution in [1.29, 1.82) is 0 Å². The molecule has 7 heteroatoms. The number of carbonyl (C=O) groups is 2. The maximum absolute atomic E-state index is 11.9. The lowest BCUT2D eigenvalue weighted by Crippen LogP contribution is -2.36. The second kappa shape index (κ2) is 9.00. The molecule has 2 amide bonds. The first-order valence-corrected chi connectivity index (χ1v) is 8.92. The summed E-state index contributed by atoms with van der Waals surface area (Å²) in [7, 11) is 0. The Labute approximate surface area is 162 Å². The topological polar surface area (TPSA) is 76.0 Å². The van der Waals surface area contributed by atoms with Crippen molar-refractivity contribution in [2.75, 3.05) is 11.9 Å². The minimum atomic E-state index is -0.718. The van der Waals surface area contributed by atoms with E-state index in [4.69, 9.17) is 11.6 Å². The minimum absolute atomic E-state index is 0.383. The fraction of sp³-hybridized carbons (Fsp3) is 0.150. The summed E-state index contributed by atoms with van der Waals surface area (Å²) in [6, 6.07) is 16.5. The standard InChI is InChI=1S/C20H19ClN4O2/c21-16-8-4-9-17(14-16)24-20(27)19(26)23-10-5-12-25-13-11-22-18(25)15-6-2-1-3-7-15/h1-4,6-9,11,13-14H,5,10,12H2,(H,23,26)(H,24,27). The lowest BCUT2D eigenvalue weighted by Gasteiger charge is -2.09. The normalized spacial score (nSPS) is 10.4. The van der Waals surface area contributed by atoms with Gasteiger partial charge in [0.05, 0.1) is 0 Å². The summed E-state index contributed by atoms with van der Waals surface area (Å²) in [4.78, 5) is 28.2. The Kier molecular flexibility index (Phi) is 6.22. The zero-order valence-electron chi connectivity index (χ0n) is 14.6. The Morgan fingerprint density at radius 3 is 2.63 bits per heavy atom. The largest absolute Gasteiger partial charge is 0.348 e. The Balaban J connectivity index is 1.46. The van der Waals surface area contributed by atoms with E-state index >= 15 is 0 Å². The van der Waals surface area contributed by atoms with Crippen molar-refractivity contribution in [3.05, 3.63) is 72.0 Å². The summed E-state index contributed by atoms with van der Waals surface area (Å²) in [6.45, 7) is 1.06. The number of hydrogen-bond acceptors (Lipinski definition) is 3. The average Bonchev–Trinajstić information content (AvgIpc) is 3.14. The molecule has 0 aliphatic heterocycles. The number of rotatable bonds is 6. The van der Waals surface area contributed by atoms with Gasteiger partial charge in [-0.1, -0.05) is 48.0 Å². The molecule has 0 bridgehead atoms. The maximum Gasteiger partial charge on any atom is 0.313 e. The predicted octanol–water partition coefficient (Wildman–Crippen LogP) is 3.35. The molecule has 2 aromatic carbocycles. The molecule has 0 saturated carbocycles. The third kappa shape index (κ3) is 5.18. The van der Waals surface area contributed by atoms with Gasteiger partial charge in [0.1, 0.15) is 5.82 Å². The molecule has 0 aliphatic rings. The highest BCUT2D eigenvalue weighted by atomic mass is 35.5. The summed E-state index contributed by atoms with van der Waals surface area (Å²) in [6.07, 6.45) is 4.32. The van der Waals surface area contributed by atoms with Gasteiger partial charge < -0.3 is 15.2 Å². The lowest BCUT2D eigenvalue weighted by atomic mass is 10.2. The summed E-state index contributed by atoms with van der Waals surface area (Å²) in [5, 5.41) is 5.63. The molecule has 1 heterocycles. The number of nitrogens with one attached hydrogen (secondary N) is 2. The van der Waals surface area contributed by atoms with E-state index < -0.39 is 11.8 Å². The Bertz CT molecular complexity index is 924. The van der Waals surface area contributed by atoms with E-state index in [1.54, 1.807) is 30.5 Å². The first-order chi connectivity index (χ1) is 13.1. The molecule has 2 N–H and O–H groups in total. The molecule has 0 saturated heterocycles. The molecular weight excluding hydrogens is 364 g/mol. The molecule has 3 aromatic rings. The van der Waals surface area contributed by atoms with Gasteiger partial charge in [-0.3, -0.25) is 9.59 Å². The monoisotopic (exact) mass is 382 g/mol. The van der Waals surface area contributed by atoms with Crippen LogP contribution in [0.15, 0.2) is 67.0 Å². The van der Waals surface area contributed by atoms with Gasteiger partial charge in [-0.15, -0.1) is 0 Å². The van der Waals surface area contributed by atoms with Crippen molar-refractivity contribution in [2.45, 2.75) is 13.0 Å². The third-order valence-corrected chi connectivity index (χ3v) is 4.13. The summed E-state index contributed by atoms with van der Waals surface area (Å²) in [5.41, 5.74) is 1.51. The number of nitrogens with zero attached hydrogens (tertiary/aromatic N) is 2. The third-order valence-electron chi connectivity index (χ3n) is 3.90. The van der Waals surface area contributed by atoms with Gasteiger partial charge in [-0.05, 0) is 24.6 Å². The first-order valence-electron chi connectivity index (χ1n) is 8.55. The van der Waals surface area contributed by atoms with E-state index in [0.29, 0.717) is 30.2 Å². The van der Waals surface area contributed by atoms with Crippen LogP contribution in [0.1, 0.15) is 6.42 Å². The van der Waals surface area contributed by atoms with Crippen molar-refractivity contribution < 1.29 is 9.59 Å². The molecular formula is C20H19ClN4O2. The van der Waals surface area contributed by atoms with Crippen molar-refractivity contribution in [2.24, 2.45) is 0 Å². The van der Waals surface area contributed by atoms with Crippen LogP contribution in [0.2, 0.25) is 5.02 Å². The zero-order valence-corrected chi connectivity index (χ0v) is 15.3. The molecule has 6 nitrogen and oxygen atoms in total. The van der Waals surface area contributed by atoms with Crippen LogP contribution in [0.3, 0.4) is 0 Å². The van der Waals surface area contributed by atoms with Gasteiger partial charge in [0.15, 0.2) is 0 Å². The molecule has 3 rings (SSSR count). The van der Waals surface area contributed by atoms with Crippen molar-refractivity contribution in [3.8, 4) is 11.4 Å². The smallest absolute Gasteiger partial charge is 0.313 e. The molecule has 0 spiro atoms. The highest BCUT2D eigenvalue weighted by Gasteiger charge is 2.13. The number of amides is 2. The molecule has 1 aromatic heterocycles. The Morgan fingerprint density at radius 1 is 1.04 bits per heavy atom. The number of carbonyl (C=O) groups excluding carboxylic acids is 2. The first kappa shape index (κ1) is 18.7. The van der Waals surface area contributed by atoms with E-state index in [2.05, 4.69) is 15.6 Å². The van der Waals surface area contributed by atoms with E-state index in [-0.39, 0.29) is 0 Å². The van der Waals surface area contributed by atoms with E-state index in [9.17, 15) is 9.59 Å². The van der Waals surface area contributed by atoms with Crippen LogP contribution in [0.4, 0.5) is 5.69 Å². The molecule has 27 heavy (non-hydrogen) atoms. The predicted molar refractivity (Wildman–Crippen MR) is 105 cm³/mol. The number of aryl methyl sites for hydroxylation is 1. The van der Waals surface area contributed by atoms with Gasteiger partial charge in [-0.25, -0.2) is 4.98 Å². The quantitative estimate of drug-likeness (QED) is 0.507. The molecule has 0 radical (unpaired) electrons. The Morgan fingerprint density at radius 2 is 1.85 bits per heavy atom. The fourth-order valence-corrected chi connectivity index (χ4v) is 2.81. The highest BCUT2D eigenvalue weighted by molar-refractivity contribution is 6.39. The lowest BCUT2D eigenvalue weighted by molar-refractivity contribution is -0.136.